The summed E-state index contributed by atoms with van der Waals surface area (Å²) in [6, 6.07) is 5.31. The summed E-state index contributed by atoms with van der Waals surface area (Å²) >= 11 is 3.58. The average Bonchev–Trinajstić information content (AvgIpc) is 2.25. The van der Waals surface area contributed by atoms with Crippen molar-refractivity contribution in [2.45, 2.75) is 32.0 Å². The van der Waals surface area contributed by atoms with E-state index in [1.807, 2.05) is 6.07 Å². The molecule has 1 amide bonds. The molecule has 0 fully saturated rings. The number of rotatable bonds is 4. The van der Waals surface area contributed by atoms with Gasteiger partial charge in [-0.05, 0) is 24.0 Å². The highest BCUT2D eigenvalue weighted by atomic mass is 79.9. The van der Waals surface area contributed by atoms with Crippen molar-refractivity contribution in [1.82, 2.24) is 10.3 Å². The number of halogens is 1. The fraction of sp³-hybridized carbons (Fsp3) is 0.538. The molecule has 1 atom stereocenters. The van der Waals surface area contributed by atoms with Gasteiger partial charge in [0.2, 0.25) is 0 Å². The zero-order chi connectivity index (χ0) is 12.9. The third kappa shape index (κ3) is 5.82. The van der Waals surface area contributed by atoms with E-state index in [4.69, 9.17) is 0 Å². The van der Waals surface area contributed by atoms with Gasteiger partial charge in [0.25, 0.3) is 5.91 Å². The maximum atomic E-state index is 11.7. The van der Waals surface area contributed by atoms with E-state index in [1.54, 1.807) is 18.3 Å². The Bertz CT molecular complexity index is 359. The van der Waals surface area contributed by atoms with Gasteiger partial charge in [-0.25, -0.2) is 0 Å². The zero-order valence-electron chi connectivity index (χ0n) is 10.5. The van der Waals surface area contributed by atoms with Crippen LogP contribution in [-0.2, 0) is 0 Å². The van der Waals surface area contributed by atoms with Crippen molar-refractivity contribution in [2.75, 3.05) is 6.54 Å². The second-order valence-corrected chi connectivity index (χ2v) is 6.58. The molecule has 4 heteroatoms. The Kier molecular flexibility index (Phi) is 5.12. The second kappa shape index (κ2) is 6.15. The minimum absolute atomic E-state index is 0.121. The highest BCUT2D eigenvalue weighted by molar-refractivity contribution is 9.09. The number of pyridine rings is 1. The predicted octanol–water partition coefficient (Wildman–Crippen LogP) is 3.01. The van der Waals surface area contributed by atoms with Gasteiger partial charge >= 0.3 is 0 Å². The van der Waals surface area contributed by atoms with E-state index in [0.29, 0.717) is 12.2 Å². The van der Waals surface area contributed by atoms with Crippen molar-refractivity contribution in [3.05, 3.63) is 30.1 Å². The van der Waals surface area contributed by atoms with Crippen LogP contribution in [0.3, 0.4) is 0 Å². The largest absolute Gasteiger partial charge is 0.350 e. The molecule has 0 aliphatic carbocycles. The summed E-state index contributed by atoms with van der Waals surface area (Å²) in [6.45, 7) is 7.16. The zero-order valence-corrected chi connectivity index (χ0v) is 12.1. The molecular formula is C13H19BrN2O. The van der Waals surface area contributed by atoms with Crippen LogP contribution in [0, 0.1) is 5.41 Å². The van der Waals surface area contributed by atoms with Crippen molar-refractivity contribution in [3.8, 4) is 0 Å². The Morgan fingerprint density at radius 3 is 2.71 bits per heavy atom. The first-order valence-corrected chi connectivity index (χ1v) is 6.63. The number of alkyl halides is 1. The average molecular weight is 299 g/mol. The van der Waals surface area contributed by atoms with Gasteiger partial charge < -0.3 is 5.32 Å². The molecule has 1 rings (SSSR count). The topological polar surface area (TPSA) is 42.0 Å². The van der Waals surface area contributed by atoms with E-state index in [1.165, 1.54) is 0 Å². The van der Waals surface area contributed by atoms with Crippen LogP contribution < -0.4 is 5.32 Å². The minimum Gasteiger partial charge on any atom is -0.350 e. The number of hydrogen-bond donors (Lipinski definition) is 1. The van der Waals surface area contributed by atoms with Gasteiger partial charge in [0.15, 0.2) is 0 Å². The summed E-state index contributed by atoms with van der Waals surface area (Å²) < 4.78 is 0. The molecule has 0 saturated carbocycles. The summed E-state index contributed by atoms with van der Waals surface area (Å²) in [5.74, 6) is -0.121. The molecule has 1 aromatic rings. The molecule has 0 bridgehead atoms. The molecule has 94 valence electrons. The molecule has 1 N–H and O–H groups in total. The maximum Gasteiger partial charge on any atom is 0.269 e. The first kappa shape index (κ1) is 14.2. The summed E-state index contributed by atoms with van der Waals surface area (Å²) in [5, 5.41) is 2.87. The van der Waals surface area contributed by atoms with Crippen molar-refractivity contribution in [2.24, 2.45) is 5.41 Å². The molecule has 0 aliphatic heterocycles. The van der Waals surface area contributed by atoms with Crippen molar-refractivity contribution in [1.29, 1.82) is 0 Å². The molecular weight excluding hydrogens is 280 g/mol. The van der Waals surface area contributed by atoms with Gasteiger partial charge in [-0.2, -0.15) is 0 Å². The number of nitrogens with one attached hydrogen (secondary N) is 1. The van der Waals surface area contributed by atoms with Crippen molar-refractivity contribution >= 4 is 21.8 Å². The van der Waals surface area contributed by atoms with E-state index < -0.39 is 0 Å². The highest BCUT2D eigenvalue weighted by Crippen LogP contribution is 2.24. The van der Waals surface area contributed by atoms with Gasteiger partial charge in [-0.3, -0.25) is 9.78 Å². The van der Waals surface area contributed by atoms with Crippen LogP contribution in [0.1, 0.15) is 37.7 Å². The van der Waals surface area contributed by atoms with Gasteiger partial charge in [0, 0.05) is 17.6 Å². The van der Waals surface area contributed by atoms with E-state index in [9.17, 15) is 4.79 Å². The Morgan fingerprint density at radius 2 is 2.18 bits per heavy atom. The lowest BCUT2D eigenvalue weighted by Gasteiger charge is -2.22. The first-order chi connectivity index (χ1) is 7.88. The number of amides is 1. The predicted molar refractivity (Wildman–Crippen MR) is 73.4 cm³/mol. The maximum absolute atomic E-state index is 11.7. The lowest BCUT2D eigenvalue weighted by Crippen LogP contribution is -2.31. The molecule has 1 aromatic heterocycles. The molecule has 1 heterocycles. The van der Waals surface area contributed by atoms with Crippen LogP contribution in [0.15, 0.2) is 24.4 Å². The summed E-state index contributed by atoms with van der Waals surface area (Å²) in [6.07, 6.45) is 2.63. The third-order valence-corrected chi connectivity index (χ3v) is 2.86. The van der Waals surface area contributed by atoms with Crippen LogP contribution in [0.2, 0.25) is 0 Å². The highest BCUT2D eigenvalue weighted by Gasteiger charge is 2.17. The smallest absolute Gasteiger partial charge is 0.269 e. The molecule has 0 saturated heterocycles. The SMILES string of the molecule is CC(C)(C)CC(Br)CNC(=O)c1ccccn1. The monoisotopic (exact) mass is 298 g/mol. The van der Waals surface area contributed by atoms with Crippen molar-refractivity contribution in [3.63, 3.8) is 0 Å². The van der Waals surface area contributed by atoms with Crippen LogP contribution in [0.25, 0.3) is 0 Å². The molecule has 0 aromatic carbocycles. The standard InChI is InChI=1S/C13H19BrN2O/c1-13(2,3)8-10(14)9-16-12(17)11-6-4-5-7-15-11/h4-7,10H,8-9H2,1-3H3,(H,16,17). The third-order valence-electron chi connectivity index (χ3n) is 2.22. The van der Waals surface area contributed by atoms with Gasteiger partial charge in [0.1, 0.15) is 5.69 Å². The van der Waals surface area contributed by atoms with Crippen LogP contribution in [-0.4, -0.2) is 22.3 Å². The van der Waals surface area contributed by atoms with Crippen molar-refractivity contribution < 1.29 is 4.79 Å². The molecule has 1 unspecified atom stereocenters. The van der Waals surface area contributed by atoms with Crippen LogP contribution in [0.4, 0.5) is 0 Å². The molecule has 17 heavy (non-hydrogen) atoms. The molecule has 3 nitrogen and oxygen atoms in total. The number of carbonyl (C=O) groups is 1. The van der Waals surface area contributed by atoms with E-state index in [0.717, 1.165) is 6.42 Å². The minimum atomic E-state index is -0.121. The summed E-state index contributed by atoms with van der Waals surface area (Å²) in [5.41, 5.74) is 0.715. The van der Waals surface area contributed by atoms with Crippen LogP contribution >= 0.6 is 15.9 Å². The Balaban J connectivity index is 2.39. The van der Waals surface area contributed by atoms with Crippen LogP contribution in [0.5, 0.6) is 0 Å². The number of hydrogen-bond acceptors (Lipinski definition) is 2. The fourth-order valence-corrected chi connectivity index (χ4v) is 2.66. The quantitative estimate of drug-likeness (QED) is 0.868. The Morgan fingerprint density at radius 1 is 1.47 bits per heavy atom. The van der Waals surface area contributed by atoms with E-state index in [-0.39, 0.29) is 16.1 Å². The van der Waals surface area contributed by atoms with Gasteiger partial charge in [-0.1, -0.05) is 42.8 Å². The lowest BCUT2D eigenvalue weighted by atomic mass is 9.90. The Labute approximate surface area is 111 Å². The second-order valence-electron chi connectivity index (χ2n) is 5.29. The Hall–Kier alpha value is -0.900. The van der Waals surface area contributed by atoms with Gasteiger partial charge in [0.05, 0.1) is 0 Å². The number of aromatic nitrogens is 1. The van der Waals surface area contributed by atoms with Gasteiger partial charge in [-0.15, -0.1) is 0 Å². The fourth-order valence-electron chi connectivity index (χ4n) is 1.53. The number of carbonyl (C=O) groups excluding carboxylic acids is 1. The molecule has 0 aliphatic rings. The lowest BCUT2D eigenvalue weighted by molar-refractivity contribution is 0.0947. The molecule has 0 spiro atoms. The summed E-state index contributed by atoms with van der Waals surface area (Å²) in [4.78, 5) is 16.0. The van der Waals surface area contributed by atoms with E-state index >= 15 is 0 Å². The normalized spacial score (nSPS) is 13.2. The summed E-state index contributed by atoms with van der Waals surface area (Å²) in [7, 11) is 0. The number of nitrogens with zero attached hydrogens (tertiary/aromatic N) is 1. The molecule has 0 radical (unpaired) electrons. The van der Waals surface area contributed by atoms with E-state index in [2.05, 4.69) is 47.0 Å². The first-order valence-electron chi connectivity index (χ1n) is 5.72.